The Kier molecular flexibility index (Phi) is 5.18. The molecule has 0 unspecified atom stereocenters. The van der Waals surface area contributed by atoms with Crippen LogP contribution in [0.4, 0.5) is 22.0 Å². The highest BCUT2D eigenvalue weighted by Gasteiger charge is 2.34. The highest BCUT2D eigenvalue weighted by molar-refractivity contribution is 5.94. The van der Waals surface area contributed by atoms with Crippen molar-refractivity contribution in [1.29, 1.82) is 0 Å². The summed E-state index contributed by atoms with van der Waals surface area (Å²) in [5.41, 5.74) is -1.92. The van der Waals surface area contributed by atoms with E-state index in [-0.39, 0.29) is 0 Å². The van der Waals surface area contributed by atoms with Gasteiger partial charge in [0.15, 0.2) is 0 Å². The van der Waals surface area contributed by atoms with Crippen molar-refractivity contribution < 1.29 is 31.9 Å². The van der Waals surface area contributed by atoms with Gasteiger partial charge in [-0.3, -0.25) is 4.79 Å². The molecular formula is C16H12F5NO2. The molecule has 0 saturated carbocycles. The van der Waals surface area contributed by atoms with Gasteiger partial charge >= 0.3 is 6.18 Å². The van der Waals surface area contributed by atoms with Crippen molar-refractivity contribution in [2.75, 3.05) is 6.54 Å². The van der Waals surface area contributed by atoms with Crippen molar-refractivity contribution in [3.05, 3.63) is 70.8 Å². The molecule has 1 atom stereocenters. The zero-order valence-electron chi connectivity index (χ0n) is 12.1. The summed E-state index contributed by atoms with van der Waals surface area (Å²) in [6, 6.07) is 6.65. The Morgan fingerprint density at radius 3 is 2.42 bits per heavy atom. The normalized spacial score (nSPS) is 12.8. The van der Waals surface area contributed by atoms with E-state index in [1.165, 1.54) is 12.1 Å². The molecular weight excluding hydrogens is 333 g/mol. The van der Waals surface area contributed by atoms with Crippen LogP contribution >= 0.6 is 0 Å². The van der Waals surface area contributed by atoms with Gasteiger partial charge in [-0.25, -0.2) is 8.78 Å². The lowest BCUT2D eigenvalue weighted by atomic mass is 10.0. The van der Waals surface area contributed by atoms with Crippen LogP contribution in [0.3, 0.4) is 0 Å². The number of carbonyl (C=O) groups is 1. The Bertz CT molecular complexity index is 745. The highest BCUT2D eigenvalue weighted by atomic mass is 19.4. The van der Waals surface area contributed by atoms with Gasteiger partial charge in [-0.15, -0.1) is 0 Å². The van der Waals surface area contributed by atoms with Crippen molar-refractivity contribution in [1.82, 2.24) is 5.32 Å². The largest absolute Gasteiger partial charge is 0.416 e. The van der Waals surface area contributed by atoms with E-state index in [0.29, 0.717) is 6.07 Å². The Labute approximate surface area is 133 Å². The van der Waals surface area contributed by atoms with Crippen LogP contribution in [-0.2, 0) is 6.18 Å². The minimum absolute atomic E-state index is 0.412. The number of nitrogens with one attached hydrogen (secondary N) is 1. The summed E-state index contributed by atoms with van der Waals surface area (Å²) in [6.07, 6.45) is -6.31. The molecule has 3 nitrogen and oxygen atoms in total. The van der Waals surface area contributed by atoms with Crippen molar-refractivity contribution in [2.45, 2.75) is 12.3 Å². The summed E-state index contributed by atoms with van der Waals surface area (Å²) in [6.45, 7) is -0.567. The molecule has 0 fully saturated rings. The molecule has 0 spiro atoms. The van der Waals surface area contributed by atoms with Gasteiger partial charge in [0, 0.05) is 12.6 Å². The van der Waals surface area contributed by atoms with Crippen LogP contribution in [0.15, 0.2) is 42.5 Å². The second kappa shape index (κ2) is 6.96. The molecule has 0 aliphatic carbocycles. The first-order valence-corrected chi connectivity index (χ1v) is 6.77. The lowest BCUT2D eigenvalue weighted by Gasteiger charge is -2.18. The first kappa shape index (κ1) is 17.9. The van der Waals surface area contributed by atoms with Gasteiger partial charge in [-0.05, 0) is 23.8 Å². The Balaban J connectivity index is 2.11. The predicted octanol–water partition coefficient (Wildman–Crippen LogP) is 3.45. The molecule has 2 aromatic rings. The number of benzene rings is 2. The van der Waals surface area contributed by atoms with E-state index in [2.05, 4.69) is 5.32 Å². The fourth-order valence-corrected chi connectivity index (χ4v) is 2.11. The third-order valence-electron chi connectivity index (χ3n) is 3.26. The minimum Gasteiger partial charge on any atom is -0.387 e. The molecule has 2 N–H and O–H groups in total. The molecule has 8 heteroatoms. The molecule has 2 rings (SSSR count). The topological polar surface area (TPSA) is 49.3 Å². The van der Waals surface area contributed by atoms with Crippen LogP contribution in [0.2, 0.25) is 0 Å². The average Bonchev–Trinajstić information content (AvgIpc) is 2.51. The van der Waals surface area contributed by atoms with Crippen LogP contribution < -0.4 is 5.32 Å². The third kappa shape index (κ3) is 4.08. The van der Waals surface area contributed by atoms with E-state index in [1.807, 2.05) is 0 Å². The maximum absolute atomic E-state index is 13.5. The predicted molar refractivity (Wildman–Crippen MR) is 75.1 cm³/mol. The van der Waals surface area contributed by atoms with E-state index in [0.717, 1.165) is 24.3 Å². The number of hydrogen-bond donors (Lipinski definition) is 2. The molecule has 0 heterocycles. The first-order chi connectivity index (χ1) is 11.2. The molecule has 0 aliphatic rings. The minimum atomic E-state index is -4.66. The number of amides is 1. The molecule has 0 saturated heterocycles. The Morgan fingerprint density at radius 1 is 1.12 bits per heavy atom. The lowest BCUT2D eigenvalue weighted by molar-refractivity contribution is -0.139. The molecule has 0 aliphatic heterocycles. The number of aliphatic hydroxyl groups excluding tert-OH is 1. The summed E-state index contributed by atoms with van der Waals surface area (Å²) in [4.78, 5) is 11.8. The van der Waals surface area contributed by atoms with E-state index in [4.69, 9.17) is 0 Å². The van der Waals surface area contributed by atoms with Crippen molar-refractivity contribution in [3.8, 4) is 0 Å². The number of carbonyl (C=O) groups excluding carboxylic acids is 1. The van der Waals surface area contributed by atoms with Gasteiger partial charge in [-0.1, -0.05) is 18.2 Å². The summed E-state index contributed by atoms with van der Waals surface area (Å²) in [5, 5.41) is 12.0. The summed E-state index contributed by atoms with van der Waals surface area (Å²) in [5.74, 6) is -2.96. The number of aliphatic hydroxyl groups is 1. The molecule has 0 radical (unpaired) electrons. The first-order valence-electron chi connectivity index (χ1n) is 6.77. The molecule has 0 aromatic heterocycles. The summed E-state index contributed by atoms with van der Waals surface area (Å²) < 4.78 is 64.9. The van der Waals surface area contributed by atoms with Crippen molar-refractivity contribution in [2.24, 2.45) is 0 Å². The molecule has 128 valence electrons. The second-order valence-corrected chi connectivity index (χ2v) is 4.94. The Morgan fingerprint density at radius 2 is 1.79 bits per heavy atom. The van der Waals surface area contributed by atoms with Gasteiger partial charge in [0.05, 0.1) is 17.2 Å². The number of halogens is 5. The maximum atomic E-state index is 13.5. The van der Waals surface area contributed by atoms with Crippen LogP contribution in [0, 0.1) is 11.6 Å². The zero-order chi connectivity index (χ0) is 17.9. The molecule has 24 heavy (non-hydrogen) atoms. The average molecular weight is 345 g/mol. The van der Waals surface area contributed by atoms with Gasteiger partial charge in [0.25, 0.3) is 5.91 Å². The van der Waals surface area contributed by atoms with E-state index in [1.54, 1.807) is 0 Å². The van der Waals surface area contributed by atoms with Crippen LogP contribution in [0.1, 0.15) is 27.6 Å². The van der Waals surface area contributed by atoms with Gasteiger partial charge in [0.1, 0.15) is 11.6 Å². The molecule has 0 bridgehead atoms. The Hall–Kier alpha value is -2.48. The summed E-state index contributed by atoms with van der Waals surface area (Å²) >= 11 is 0. The van der Waals surface area contributed by atoms with E-state index < -0.39 is 53.1 Å². The van der Waals surface area contributed by atoms with Gasteiger partial charge in [0.2, 0.25) is 0 Å². The van der Waals surface area contributed by atoms with Crippen LogP contribution in [0.5, 0.6) is 0 Å². The van der Waals surface area contributed by atoms with E-state index >= 15 is 0 Å². The van der Waals surface area contributed by atoms with E-state index in [9.17, 15) is 31.9 Å². The standard InChI is InChI=1S/C16H12F5NO2/c17-9-5-6-11(13(18)7-9)15(24)22-8-14(23)10-3-1-2-4-12(10)16(19,20)21/h1-7,14,23H,8H2,(H,22,24)/t14-/m1/s1. The number of rotatable bonds is 4. The van der Waals surface area contributed by atoms with Crippen molar-refractivity contribution >= 4 is 5.91 Å². The number of hydrogen-bond acceptors (Lipinski definition) is 2. The lowest BCUT2D eigenvalue weighted by Crippen LogP contribution is -2.30. The highest BCUT2D eigenvalue weighted by Crippen LogP contribution is 2.34. The fourth-order valence-electron chi connectivity index (χ4n) is 2.11. The fraction of sp³-hybridized carbons (Fsp3) is 0.188. The van der Waals surface area contributed by atoms with Crippen molar-refractivity contribution in [3.63, 3.8) is 0 Å². The number of alkyl halides is 3. The zero-order valence-corrected chi connectivity index (χ0v) is 12.1. The molecule has 2 aromatic carbocycles. The maximum Gasteiger partial charge on any atom is 0.416 e. The second-order valence-electron chi connectivity index (χ2n) is 4.94. The SMILES string of the molecule is O=C(NC[C@@H](O)c1ccccc1C(F)(F)F)c1ccc(F)cc1F. The van der Waals surface area contributed by atoms with Gasteiger partial charge < -0.3 is 10.4 Å². The van der Waals surface area contributed by atoms with Crippen LogP contribution in [-0.4, -0.2) is 17.6 Å². The quantitative estimate of drug-likeness (QED) is 0.834. The third-order valence-corrected chi connectivity index (χ3v) is 3.26. The van der Waals surface area contributed by atoms with Gasteiger partial charge in [-0.2, -0.15) is 13.2 Å². The monoisotopic (exact) mass is 345 g/mol. The molecule has 1 amide bonds. The van der Waals surface area contributed by atoms with Crippen LogP contribution in [0.25, 0.3) is 0 Å². The smallest absolute Gasteiger partial charge is 0.387 e. The summed E-state index contributed by atoms with van der Waals surface area (Å²) in [7, 11) is 0.